The van der Waals surface area contributed by atoms with Crippen LogP contribution >= 0.6 is 23.2 Å². The topological polar surface area (TPSA) is 113 Å². The van der Waals surface area contributed by atoms with Crippen molar-refractivity contribution in [1.82, 2.24) is 15.6 Å². The minimum absolute atomic E-state index is 0.0677. The number of non-ortho nitro benzene ring substituents is 1. The van der Waals surface area contributed by atoms with Gasteiger partial charge in [-0.05, 0) is 24.3 Å². The third kappa shape index (κ3) is 4.49. The molecule has 3 rings (SSSR count). The number of benzene rings is 2. The molecule has 0 aliphatic rings. The number of hydrogen-bond donors (Lipinski definition) is 2. The average Bonchev–Trinajstić information content (AvgIpc) is 3.14. The van der Waals surface area contributed by atoms with Crippen LogP contribution in [0.1, 0.15) is 16.1 Å². The van der Waals surface area contributed by atoms with Crippen LogP contribution in [0, 0.1) is 10.1 Å². The van der Waals surface area contributed by atoms with Crippen molar-refractivity contribution in [2.24, 2.45) is 5.10 Å². The van der Waals surface area contributed by atoms with Crippen LogP contribution in [-0.2, 0) is 0 Å². The molecule has 2 N–H and O–H groups in total. The maximum atomic E-state index is 12.1. The summed E-state index contributed by atoms with van der Waals surface area (Å²) in [6.45, 7) is 0. The van der Waals surface area contributed by atoms with Gasteiger partial charge in [-0.2, -0.15) is 10.2 Å². The van der Waals surface area contributed by atoms with Crippen molar-refractivity contribution in [3.63, 3.8) is 0 Å². The van der Waals surface area contributed by atoms with E-state index in [2.05, 4.69) is 20.7 Å². The number of H-pyrrole nitrogens is 1. The molecule has 0 unspecified atom stereocenters. The molecule has 0 spiro atoms. The van der Waals surface area contributed by atoms with Crippen molar-refractivity contribution < 1.29 is 9.72 Å². The quantitative estimate of drug-likeness (QED) is 0.379. The highest BCUT2D eigenvalue weighted by Gasteiger charge is 2.13. The fourth-order valence-corrected chi connectivity index (χ4v) is 2.60. The Morgan fingerprint density at radius 3 is 2.81 bits per heavy atom. The van der Waals surface area contributed by atoms with E-state index in [0.717, 1.165) is 0 Å². The molecule has 1 aromatic heterocycles. The number of carbonyl (C=O) groups is 1. The Morgan fingerprint density at radius 2 is 2.04 bits per heavy atom. The first-order chi connectivity index (χ1) is 12.9. The summed E-state index contributed by atoms with van der Waals surface area (Å²) in [5.74, 6) is -0.534. The minimum Gasteiger partial charge on any atom is -0.272 e. The predicted octanol–water partition coefficient (Wildman–Crippen LogP) is 4.06. The fourth-order valence-electron chi connectivity index (χ4n) is 2.21. The molecule has 10 heteroatoms. The zero-order chi connectivity index (χ0) is 19.4. The van der Waals surface area contributed by atoms with Crippen LogP contribution in [-0.4, -0.2) is 27.2 Å². The number of rotatable bonds is 5. The van der Waals surface area contributed by atoms with Crippen LogP contribution in [0.2, 0.25) is 10.0 Å². The van der Waals surface area contributed by atoms with Gasteiger partial charge in [0.1, 0.15) is 5.69 Å². The van der Waals surface area contributed by atoms with Gasteiger partial charge in [0.2, 0.25) is 0 Å². The molecule has 8 nitrogen and oxygen atoms in total. The van der Waals surface area contributed by atoms with Gasteiger partial charge >= 0.3 is 0 Å². The maximum Gasteiger partial charge on any atom is 0.289 e. The first-order valence-electron chi connectivity index (χ1n) is 7.53. The maximum absolute atomic E-state index is 12.1. The van der Waals surface area contributed by atoms with Gasteiger partial charge in [-0.3, -0.25) is 20.0 Å². The molecule has 2 aromatic carbocycles. The smallest absolute Gasteiger partial charge is 0.272 e. The highest BCUT2D eigenvalue weighted by molar-refractivity contribution is 6.35. The lowest BCUT2D eigenvalue weighted by molar-refractivity contribution is -0.384. The molecule has 0 saturated carbocycles. The molecule has 1 heterocycles. The van der Waals surface area contributed by atoms with E-state index >= 15 is 0 Å². The minimum atomic E-state index is -0.534. The third-order valence-electron chi connectivity index (χ3n) is 3.49. The Hall–Kier alpha value is -3.23. The Kier molecular flexibility index (Phi) is 5.49. The summed E-state index contributed by atoms with van der Waals surface area (Å²) in [6, 6.07) is 12.3. The van der Waals surface area contributed by atoms with E-state index in [1.807, 2.05) is 0 Å². The molecule has 0 bridgehead atoms. The second-order valence-electron chi connectivity index (χ2n) is 5.34. The van der Waals surface area contributed by atoms with Crippen molar-refractivity contribution in [3.05, 3.63) is 79.9 Å². The molecule has 0 saturated heterocycles. The number of nitrogens with one attached hydrogen (secondary N) is 2. The van der Waals surface area contributed by atoms with Gasteiger partial charge in [0.15, 0.2) is 0 Å². The van der Waals surface area contributed by atoms with Gasteiger partial charge in [-0.25, -0.2) is 5.43 Å². The van der Waals surface area contributed by atoms with Gasteiger partial charge in [0.05, 0.1) is 21.9 Å². The van der Waals surface area contributed by atoms with Crippen molar-refractivity contribution in [2.75, 3.05) is 0 Å². The monoisotopic (exact) mass is 403 g/mol. The number of nitro benzene ring substituents is 1. The normalized spacial score (nSPS) is 10.9. The molecule has 27 heavy (non-hydrogen) atoms. The van der Waals surface area contributed by atoms with Gasteiger partial charge in [0, 0.05) is 28.3 Å². The Morgan fingerprint density at radius 1 is 1.22 bits per heavy atom. The highest BCUT2D eigenvalue weighted by Crippen LogP contribution is 2.29. The summed E-state index contributed by atoms with van der Waals surface area (Å²) in [6.07, 6.45) is 1.30. The Labute approximate surface area is 163 Å². The zero-order valence-corrected chi connectivity index (χ0v) is 15.0. The first-order valence-corrected chi connectivity index (χ1v) is 8.28. The molecule has 136 valence electrons. The van der Waals surface area contributed by atoms with Gasteiger partial charge in [-0.1, -0.05) is 35.3 Å². The molecular formula is C17H11Cl2N5O3. The average molecular weight is 404 g/mol. The van der Waals surface area contributed by atoms with E-state index in [-0.39, 0.29) is 11.4 Å². The highest BCUT2D eigenvalue weighted by atomic mass is 35.5. The van der Waals surface area contributed by atoms with Gasteiger partial charge in [0.25, 0.3) is 11.6 Å². The first kappa shape index (κ1) is 18.6. The Bertz CT molecular complexity index is 1050. The van der Waals surface area contributed by atoms with Crippen LogP contribution in [0.4, 0.5) is 5.69 Å². The van der Waals surface area contributed by atoms with Crippen LogP contribution in [0.15, 0.2) is 53.6 Å². The van der Waals surface area contributed by atoms with Crippen molar-refractivity contribution in [1.29, 1.82) is 0 Å². The summed E-state index contributed by atoms with van der Waals surface area (Å²) in [7, 11) is 0. The van der Waals surface area contributed by atoms with Crippen molar-refractivity contribution >= 4 is 41.0 Å². The van der Waals surface area contributed by atoms with E-state index < -0.39 is 10.8 Å². The van der Waals surface area contributed by atoms with E-state index in [9.17, 15) is 14.9 Å². The summed E-state index contributed by atoms with van der Waals surface area (Å²) in [5.41, 5.74) is 3.92. The largest absolute Gasteiger partial charge is 0.289 e. The molecule has 0 aliphatic heterocycles. The van der Waals surface area contributed by atoms with Crippen LogP contribution in [0.25, 0.3) is 11.3 Å². The van der Waals surface area contributed by atoms with Gasteiger partial charge < -0.3 is 0 Å². The zero-order valence-electron chi connectivity index (χ0n) is 13.5. The standard InChI is InChI=1S/C17H11Cl2N5O3/c18-11-4-5-14(19)13(7-11)15-8-16(22-21-15)17(25)23-20-9-10-2-1-3-12(6-10)24(26)27/h1-9H,(H,21,22)(H,23,25). The number of hydrazone groups is 1. The SMILES string of the molecule is O=C(NN=Cc1cccc([N+](=O)[O-])c1)c1cc(-c2cc(Cl)ccc2Cl)n[nH]1. The number of amides is 1. The third-order valence-corrected chi connectivity index (χ3v) is 4.05. The second kappa shape index (κ2) is 7.98. The van der Waals surface area contributed by atoms with E-state index in [1.165, 1.54) is 30.5 Å². The predicted molar refractivity (Wildman–Crippen MR) is 102 cm³/mol. The number of nitro groups is 1. The summed E-state index contributed by atoms with van der Waals surface area (Å²) in [5, 5.41) is 22.1. The van der Waals surface area contributed by atoms with Gasteiger partial charge in [-0.15, -0.1) is 0 Å². The van der Waals surface area contributed by atoms with Crippen molar-refractivity contribution in [3.8, 4) is 11.3 Å². The number of nitrogens with zero attached hydrogens (tertiary/aromatic N) is 3. The number of aromatic amines is 1. The summed E-state index contributed by atoms with van der Waals surface area (Å²) >= 11 is 12.1. The molecule has 1 amide bonds. The lowest BCUT2D eigenvalue weighted by Gasteiger charge is -2.00. The lowest BCUT2D eigenvalue weighted by atomic mass is 10.1. The van der Waals surface area contributed by atoms with E-state index in [1.54, 1.807) is 24.3 Å². The van der Waals surface area contributed by atoms with E-state index in [0.29, 0.717) is 26.9 Å². The van der Waals surface area contributed by atoms with E-state index in [4.69, 9.17) is 23.2 Å². The molecule has 0 aliphatic carbocycles. The molecule has 0 radical (unpaired) electrons. The van der Waals surface area contributed by atoms with Crippen molar-refractivity contribution in [2.45, 2.75) is 0 Å². The Balaban J connectivity index is 1.70. The lowest BCUT2D eigenvalue weighted by Crippen LogP contribution is -2.18. The molecular weight excluding hydrogens is 393 g/mol. The molecule has 0 atom stereocenters. The van der Waals surface area contributed by atoms with Crippen LogP contribution < -0.4 is 5.43 Å². The molecule has 3 aromatic rings. The van der Waals surface area contributed by atoms with Crippen LogP contribution in [0.5, 0.6) is 0 Å². The number of halogens is 2. The number of carbonyl (C=O) groups excluding carboxylic acids is 1. The number of aromatic nitrogens is 2. The summed E-state index contributed by atoms with van der Waals surface area (Å²) in [4.78, 5) is 22.4. The van der Waals surface area contributed by atoms with Crippen LogP contribution in [0.3, 0.4) is 0 Å². The fraction of sp³-hybridized carbons (Fsp3) is 0. The molecule has 0 fully saturated rings. The number of hydrogen-bond acceptors (Lipinski definition) is 5. The summed E-state index contributed by atoms with van der Waals surface area (Å²) < 4.78 is 0. The second-order valence-corrected chi connectivity index (χ2v) is 6.19.